The van der Waals surface area contributed by atoms with Gasteiger partial charge < -0.3 is 15.4 Å². The summed E-state index contributed by atoms with van der Waals surface area (Å²) < 4.78 is 28.6. The third-order valence-corrected chi connectivity index (χ3v) is 4.86. The van der Waals surface area contributed by atoms with E-state index in [-0.39, 0.29) is 23.0 Å². The molecule has 2 amide bonds. The number of hydrogen-bond donors (Lipinski definition) is 2. The quantitative estimate of drug-likeness (QED) is 0.871. The second-order valence-corrected chi connectivity index (χ2v) is 7.77. The van der Waals surface area contributed by atoms with Crippen molar-refractivity contribution in [1.29, 1.82) is 0 Å². The van der Waals surface area contributed by atoms with E-state index < -0.39 is 15.7 Å². The Balaban J connectivity index is 1.88. The molecule has 0 saturated heterocycles. The summed E-state index contributed by atoms with van der Waals surface area (Å²) >= 11 is 0. The van der Waals surface area contributed by atoms with Crippen molar-refractivity contribution in [2.75, 3.05) is 23.5 Å². The van der Waals surface area contributed by atoms with Gasteiger partial charge in [-0.05, 0) is 42.8 Å². The maximum atomic E-state index is 12.5. The highest BCUT2D eigenvalue weighted by molar-refractivity contribution is 7.90. The van der Waals surface area contributed by atoms with Crippen LogP contribution in [-0.4, -0.2) is 33.1 Å². The van der Waals surface area contributed by atoms with Crippen molar-refractivity contribution in [3.05, 3.63) is 47.5 Å². The molecule has 3 rings (SSSR count). The predicted octanol–water partition coefficient (Wildman–Crippen LogP) is 1.98. The summed E-state index contributed by atoms with van der Waals surface area (Å²) in [6, 6.07) is 9.27. The summed E-state index contributed by atoms with van der Waals surface area (Å²) in [5.41, 5.74) is 1.84. The fourth-order valence-electron chi connectivity index (χ4n) is 2.44. The van der Waals surface area contributed by atoms with Crippen molar-refractivity contribution >= 4 is 33.0 Å². The number of rotatable bonds is 3. The summed E-state index contributed by atoms with van der Waals surface area (Å²) in [7, 11) is -3.41. The highest BCUT2D eigenvalue weighted by atomic mass is 32.2. The average Bonchev–Trinajstić information content (AvgIpc) is 2.53. The van der Waals surface area contributed by atoms with Crippen LogP contribution in [0.5, 0.6) is 5.75 Å². The maximum Gasteiger partial charge on any atom is 0.262 e. The minimum atomic E-state index is -3.41. The lowest BCUT2D eigenvalue weighted by molar-refractivity contribution is -0.118. The first-order chi connectivity index (χ1) is 11.7. The van der Waals surface area contributed by atoms with Crippen LogP contribution in [0, 0.1) is 6.92 Å². The fourth-order valence-corrected chi connectivity index (χ4v) is 3.08. The van der Waals surface area contributed by atoms with Crippen LogP contribution < -0.4 is 15.4 Å². The number of anilines is 2. The highest BCUT2D eigenvalue weighted by Crippen LogP contribution is 2.30. The number of benzene rings is 2. The monoisotopic (exact) mass is 360 g/mol. The predicted molar refractivity (Wildman–Crippen MR) is 92.8 cm³/mol. The lowest BCUT2D eigenvalue weighted by Gasteiger charge is -2.18. The second-order valence-electron chi connectivity index (χ2n) is 5.75. The zero-order valence-corrected chi connectivity index (χ0v) is 14.4. The SMILES string of the molecule is Cc1ccc(S(C)(=O)=O)cc1C(=O)Nc1ccc2c(c1)NC(=O)CO2. The van der Waals surface area contributed by atoms with Crippen LogP contribution in [0.4, 0.5) is 11.4 Å². The summed E-state index contributed by atoms with van der Waals surface area (Å²) in [4.78, 5) is 24.0. The number of sulfone groups is 1. The largest absolute Gasteiger partial charge is 0.482 e. The topological polar surface area (TPSA) is 102 Å². The lowest BCUT2D eigenvalue weighted by Crippen LogP contribution is -2.25. The Morgan fingerprint density at radius 2 is 1.96 bits per heavy atom. The Morgan fingerprint density at radius 1 is 1.20 bits per heavy atom. The van der Waals surface area contributed by atoms with Crippen molar-refractivity contribution in [3.63, 3.8) is 0 Å². The molecule has 1 aliphatic rings. The molecule has 0 fully saturated rings. The molecule has 130 valence electrons. The molecule has 2 aromatic carbocycles. The molecule has 25 heavy (non-hydrogen) atoms. The van der Waals surface area contributed by atoms with Crippen LogP contribution >= 0.6 is 0 Å². The third-order valence-electron chi connectivity index (χ3n) is 3.75. The summed E-state index contributed by atoms with van der Waals surface area (Å²) in [5, 5.41) is 5.36. The zero-order chi connectivity index (χ0) is 18.2. The molecule has 0 unspecified atom stereocenters. The Bertz CT molecular complexity index is 983. The number of aryl methyl sites for hydroxylation is 1. The molecule has 0 radical (unpaired) electrons. The van der Waals surface area contributed by atoms with Gasteiger partial charge >= 0.3 is 0 Å². The summed E-state index contributed by atoms with van der Waals surface area (Å²) in [6.45, 7) is 1.68. The van der Waals surface area contributed by atoms with Gasteiger partial charge in [0.25, 0.3) is 11.8 Å². The molecule has 0 spiro atoms. The van der Waals surface area contributed by atoms with Crippen LogP contribution in [-0.2, 0) is 14.6 Å². The maximum absolute atomic E-state index is 12.5. The van der Waals surface area contributed by atoms with Gasteiger partial charge in [0.05, 0.1) is 10.6 Å². The third kappa shape index (κ3) is 3.63. The van der Waals surface area contributed by atoms with Gasteiger partial charge in [-0.15, -0.1) is 0 Å². The van der Waals surface area contributed by atoms with Crippen molar-refractivity contribution in [2.45, 2.75) is 11.8 Å². The van der Waals surface area contributed by atoms with Crippen LogP contribution in [0.1, 0.15) is 15.9 Å². The number of fused-ring (bicyclic) bond motifs is 1. The molecular formula is C17H16N2O5S. The van der Waals surface area contributed by atoms with E-state index in [1.165, 1.54) is 12.1 Å². The van der Waals surface area contributed by atoms with E-state index in [1.807, 2.05) is 0 Å². The molecule has 1 heterocycles. The van der Waals surface area contributed by atoms with Gasteiger partial charge in [0.1, 0.15) is 5.75 Å². The van der Waals surface area contributed by atoms with Crippen LogP contribution in [0.25, 0.3) is 0 Å². The van der Waals surface area contributed by atoms with E-state index in [4.69, 9.17) is 4.74 Å². The Hall–Kier alpha value is -2.87. The molecule has 0 aliphatic carbocycles. The minimum absolute atomic E-state index is 0.0455. The highest BCUT2D eigenvalue weighted by Gasteiger charge is 2.18. The molecule has 0 atom stereocenters. The number of carbonyl (C=O) groups excluding carboxylic acids is 2. The van der Waals surface area contributed by atoms with Gasteiger partial charge in [-0.2, -0.15) is 0 Å². The zero-order valence-electron chi connectivity index (χ0n) is 13.6. The Labute approximate surface area is 144 Å². The molecule has 0 bridgehead atoms. The normalized spacial score (nSPS) is 13.4. The van der Waals surface area contributed by atoms with Gasteiger partial charge in [0.15, 0.2) is 16.4 Å². The summed E-state index contributed by atoms with van der Waals surface area (Å²) in [5.74, 6) is -0.188. The molecule has 2 N–H and O–H groups in total. The minimum Gasteiger partial charge on any atom is -0.482 e. The Kier molecular flexibility index (Phi) is 4.22. The van der Waals surface area contributed by atoms with E-state index in [0.29, 0.717) is 22.7 Å². The molecule has 0 saturated carbocycles. The van der Waals surface area contributed by atoms with Gasteiger partial charge in [-0.25, -0.2) is 8.42 Å². The van der Waals surface area contributed by atoms with Gasteiger partial charge in [0, 0.05) is 17.5 Å². The fraction of sp³-hybridized carbons (Fsp3) is 0.176. The first-order valence-corrected chi connectivity index (χ1v) is 9.32. The van der Waals surface area contributed by atoms with Crippen molar-refractivity contribution in [3.8, 4) is 5.75 Å². The van der Waals surface area contributed by atoms with E-state index in [2.05, 4.69) is 10.6 Å². The molecule has 2 aromatic rings. The lowest BCUT2D eigenvalue weighted by atomic mass is 10.1. The van der Waals surface area contributed by atoms with E-state index in [9.17, 15) is 18.0 Å². The van der Waals surface area contributed by atoms with E-state index in [0.717, 1.165) is 6.26 Å². The number of ether oxygens (including phenoxy) is 1. The molecular weight excluding hydrogens is 344 g/mol. The van der Waals surface area contributed by atoms with E-state index >= 15 is 0 Å². The first-order valence-electron chi connectivity index (χ1n) is 7.43. The number of amides is 2. The summed E-state index contributed by atoms with van der Waals surface area (Å²) in [6.07, 6.45) is 1.09. The molecule has 0 aromatic heterocycles. The van der Waals surface area contributed by atoms with Gasteiger partial charge in [0.2, 0.25) is 0 Å². The van der Waals surface area contributed by atoms with Crippen molar-refractivity contribution < 1.29 is 22.7 Å². The van der Waals surface area contributed by atoms with Crippen LogP contribution in [0.3, 0.4) is 0 Å². The van der Waals surface area contributed by atoms with Crippen LogP contribution in [0.15, 0.2) is 41.3 Å². The molecule has 1 aliphatic heterocycles. The number of nitrogens with one attached hydrogen (secondary N) is 2. The Morgan fingerprint density at radius 3 is 2.68 bits per heavy atom. The van der Waals surface area contributed by atoms with Crippen molar-refractivity contribution in [2.24, 2.45) is 0 Å². The molecule has 8 heteroatoms. The van der Waals surface area contributed by atoms with Crippen LogP contribution in [0.2, 0.25) is 0 Å². The van der Waals surface area contributed by atoms with E-state index in [1.54, 1.807) is 31.2 Å². The smallest absolute Gasteiger partial charge is 0.262 e. The van der Waals surface area contributed by atoms with Crippen molar-refractivity contribution in [1.82, 2.24) is 0 Å². The average molecular weight is 360 g/mol. The second kappa shape index (κ2) is 6.21. The first kappa shape index (κ1) is 17.0. The number of carbonyl (C=O) groups is 2. The standard InChI is InChI=1S/C17H16N2O5S/c1-10-3-5-12(25(2,22)23)8-13(10)17(21)18-11-4-6-15-14(7-11)19-16(20)9-24-15/h3-8H,9H2,1-2H3,(H,18,21)(H,19,20). The van der Waals surface area contributed by atoms with Gasteiger partial charge in [-0.3, -0.25) is 9.59 Å². The van der Waals surface area contributed by atoms with Gasteiger partial charge in [-0.1, -0.05) is 6.07 Å². The number of hydrogen-bond acceptors (Lipinski definition) is 5. The molecule has 7 nitrogen and oxygen atoms in total.